The summed E-state index contributed by atoms with van der Waals surface area (Å²) in [5, 5.41) is 4.53. The topological polar surface area (TPSA) is 60.7 Å². The molecule has 20 heavy (non-hydrogen) atoms. The summed E-state index contributed by atoms with van der Waals surface area (Å²) in [6, 6.07) is 11.2. The number of aldehydes is 1. The van der Waals surface area contributed by atoms with Crippen molar-refractivity contribution in [2.45, 2.75) is 0 Å². The van der Waals surface area contributed by atoms with Crippen LogP contribution in [-0.2, 0) is 0 Å². The highest BCUT2D eigenvalue weighted by Gasteiger charge is 2.12. The number of carbonyl (C=O) groups is 1. The van der Waals surface area contributed by atoms with Crippen LogP contribution in [0.4, 0.5) is 0 Å². The van der Waals surface area contributed by atoms with Crippen LogP contribution in [0.25, 0.3) is 17.1 Å². The molecule has 6 heteroatoms. The van der Waals surface area contributed by atoms with E-state index in [4.69, 9.17) is 11.6 Å². The van der Waals surface area contributed by atoms with Crippen molar-refractivity contribution < 1.29 is 4.79 Å². The van der Waals surface area contributed by atoms with E-state index in [1.165, 1.54) is 10.9 Å². The van der Waals surface area contributed by atoms with Gasteiger partial charge in [-0.3, -0.25) is 4.79 Å². The Kier molecular flexibility index (Phi) is 3.26. The van der Waals surface area contributed by atoms with Gasteiger partial charge in [-0.05, 0) is 11.6 Å². The summed E-state index contributed by atoms with van der Waals surface area (Å²) in [5.41, 5.74) is 1.97. The summed E-state index contributed by atoms with van der Waals surface area (Å²) in [4.78, 5) is 19.1. The molecule has 0 bridgehead atoms. The first kappa shape index (κ1) is 12.5. The van der Waals surface area contributed by atoms with Gasteiger partial charge in [0, 0.05) is 24.0 Å². The quantitative estimate of drug-likeness (QED) is 0.548. The van der Waals surface area contributed by atoms with Crippen LogP contribution in [0.1, 0.15) is 10.4 Å². The van der Waals surface area contributed by atoms with Crippen molar-refractivity contribution in [1.82, 2.24) is 19.7 Å². The summed E-state index contributed by atoms with van der Waals surface area (Å²) >= 11 is 5.76. The Balaban J connectivity index is 2.12. The first-order valence-electron chi connectivity index (χ1n) is 5.87. The van der Waals surface area contributed by atoms with E-state index in [9.17, 15) is 4.79 Å². The number of nitrogens with zero attached hydrogens (tertiary/aromatic N) is 4. The van der Waals surface area contributed by atoms with E-state index in [-0.39, 0.29) is 5.28 Å². The normalized spacial score (nSPS) is 10.4. The molecule has 0 radical (unpaired) electrons. The fourth-order valence-electron chi connectivity index (χ4n) is 1.86. The van der Waals surface area contributed by atoms with Gasteiger partial charge in [0.15, 0.2) is 12.1 Å². The van der Waals surface area contributed by atoms with Gasteiger partial charge in [0.1, 0.15) is 5.69 Å². The highest BCUT2D eigenvalue weighted by molar-refractivity contribution is 6.28. The van der Waals surface area contributed by atoms with Crippen LogP contribution < -0.4 is 0 Å². The number of carbonyl (C=O) groups excluding carboxylic acids is 1. The van der Waals surface area contributed by atoms with Gasteiger partial charge in [0.05, 0.1) is 5.56 Å². The number of halogens is 1. The SMILES string of the molecule is O=Cc1cn(-c2ccnc(Cl)n2)nc1-c1ccccc1. The molecule has 0 amide bonds. The molecular weight excluding hydrogens is 276 g/mol. The molecule has 0 fully saturated rings. The molecule has 0 atom stereocenters. The highest BCUT2D eigenvalue weighted by atomic mass is 35.5. The minimum atomic E-state index is 0.131. The number of rotatable bonds is 3. The van der Waals surface area contributed by atoms with Crippen molar-refractivity contribution in [3.05, 3.63) is 59.6 Å². The maximum absolute atomic E-state index is 11.2. The molecule has 0 aliphatic heterocycles. The van der Waals surface area contributed by atoms with Crippen molar-refractivity contribution in [2.75, 3.05) is 0 Å². The van der Waals surface area contributed by atoms with Crippen LogP contribution in [-0.4, -0.2) is 26.0 Å². The Morgan fingerprint density at radius 1 is 1.15 bits per heavy atom. The van der Waals surface area contributed by atoms with Gasteiger partial charge >= 0.3 is 0 Å². The first-order valence-corrected chi connectivity index (χ1v) is 6.25. The molecule has 0 N–H and O–H groups in total. The van der Waals surface area contributed by atoms with E-state index in [2.05, 4.69) is 15.1 Å². The molecule has 0 unspecified atom stereocenters. The van der Waals surface area contributed by atoms with Gasteiger partial charge in [-0.15, -0.1) is 0 Å². The predicted octanol–water partition coefficient (Wildman–Crippen LogP) is 2.80. The third kappa shape index (κ3) is 2.31. The van der Waals surface area contributed by atoms with Crippen molar-refractivity contribution in [1.29, 1.82) is 0 Å². The zero-order chi connectivity index (χ0) is 13.9. The second-order valence-corrected chi connectivity index (χ2v) is 4.38. The average Bonchev–Trinajstić information content (AvgIpc) is 2.92. The molecule has 2 aromatic heterocycles. The van der Waals surface area contributed by atoms with E-state index in [0.29, 0.717) is 17.1 Å². The second kappa shape index (κ2) is 5.22. The molecule has 1 aromatic carbocycles. The molecule has 3 aromatic rings. The Morgan fingerprint density at radius 3 is 2.65 bits per heavy atom. The van der Waals surface area contributed by atoms with Crippen LogP contribution in [0, 0.1) is 0 Å². The fourth-order valence-corrected chi connectivity index (χ4v) is 2.01. The summed E-state index contributed by atoms with van der Waals surface area (Å²) < 4.78 is 1.51. The van der Waals surface area contributed by atoms with Crippen molar-refractivity contribution in [3.63, 3.8) is 0 Å². The van der Waals surface area contributed by atoms with E-state index in [1.54, 1.807) is 12.3 Å². The lowest BCUT2D eigenvalue weighted by Crippen LogP contribution is -1.99. The molecule has 2 heterocycles. The van der Waals surface area contributed by atoms with E-state index < -0.39 is 0 Å². The third-order valence-electron chi connectivity index (χ3n) is 2.76. The molecule has 0 spiro atoms. The summed E-state index contributed by atoms with van der Waals surface area (Å²) in [6.45, 7) is 0. The van der Waals surface area contributed by atoms with Gasteiger partial charge in [0.2, 0.25) is 5.28 Å². The van der Waals surface area contributed by atoms with Gasteiger partial charge in [-0.25, -0.2) is 9.67 Å². The van der Waals surface area contributed by atoms with E-state index >= 15 is 0 Å². The summed E-state index contributed by atoms with van der Waals surface area (Å²) in [7, 11) is 0. The van der Waals surface area contributed by atoms with Gasteiger partial charge in [0.25, 0.3) is 0 Å². The Morgan fingerprint density at radius 2 is 1.95 bits per heavy atom. The van der Waals surface area contributed by atoms with E-state index in [0.717, 1.165) is 11.8 Å². The van der Waals surface area contributed by atoms with Crippen LogP contribution in [0.5, 0.6) is 0 Å². The largest absolute Gasteiger partial charge is 0.298 e. The van der Waals surface area contributed by atoms with Crippen molar-refractivity contribution >= 4 is 17.9 Å². The molecule has 5 nitrogen and oxygen atoms in total. The smallest absolute Gasteiger partial charge is 0.224 e. The van der Waals surface area contributed by atoms with E-state index in [1.807, 2.05) is 30.3 Å². The van der Waals surface area contributed by atoms with Gasteiger partial charge in [-0.2, -0.15) is 10.1 Å². The number of hydrogen-bond donors (Lipinski definition) is 0. The highest BCUT2D eigenvalue weighted by Crippen LogP contribution is 2.21. The Bertz CT molecular complexity index is 755. The minimum Gasteiger partial charge on any atom is -0.298 e. The first-order chi connectivity index (χ1) is 9.78. The van der Waals surface area contributed by atoms with Gasteiger partial charge in [-0.1, -0.05) is 30.3 Å². The second-order valence-electron chi connectivity index (χ2n) is 4.05. The Hall–Kier alpha value is -2.53. The monoisotopic (exact) mass is 284 g/mol. The lowest BCUT2D eigenvalue weighted by molar-refractivity contribution is 0.112. The standard InChI is InChI=1S/C14H9ClN4O/c15-14-16-7-6-12(17-14)19-8-11(9-20)13(18-19)10-4-2-1-3-5-10/h1-9H. The maximum atomic E-state index is 11.2. The summed E-state index contributed by atoms with van der Waals surface area (Å²) in [6.07, 6.45) is 3.93. The number of hydrogen-bond acceptors (Lipinski definition) is 4. The van der Waals surface area contributed by atoms with Crippen LogP contribution in [0.2, 0.25) is 5.28 Å². The molecular formula is C14H9ClN4O. The van der Waals surface area contributed by atoms with Crippen LogP contribution in [0.3, 0.4) is 0 Å². The molecule has 0 aliphatic carbocycles. The van der Waals surface area contributed by atoms with Crippen LogP contribution >= 0.6 is 11.6 Å². The zero-order valence-electron chi connectivity index (χ0n) is 10.3. The molecule has 0 aliphatic rings. The lowest BCUT2D eigenvalue weighted by Gasteiger charge is -1.99. The predicted molar refractivity (Wildman–Crippen MR) is 75.0 cm³/mol. The third-order valence-corrected chi connectivity index (χ3v) is 2.95. The molecule has 0 saturated heterocycles. The fraction of sp³-hybridized carbons (Fsp3) is 0. The summed E-state index contributed by atoms with van der Waals surface area (Å²) in [5.74, 6) is 0.510. The van der Waals surface area contributed by atoms with Gasteiger partial charge < -0.3 is 0 Å². The van der Waals surface area contributed by atoms with Crippen molar-refractivity contribution in [3.8, 4) is 17.1 Å². The number of aromatic nitrogens is 4. The van der Waals surface area contributed by atoms with Crippen molar-refractivity contribution in [2.24, 2.45) is 0 Å². The minimum absolute atomic E-state index is 0.131. The van der Waals surface area contributed by atoms with Crippen LogP contribution in [0.15, 0.2) is 48.8 Å². The molecule has 98 valence electrons. The Labute approximate surface area is 119 Å². The lowest BCUT2D eigenvalue weighted by atomic mass is 10.1. The number of benzene rings is 1. The molecule has 3 rings (SSSR count). The zero-order valence-corrected chi connectivity index (χ0v) is 11.0. The maximum Gasteiger partial charge on any atom is 0.224 e. The molecule has 0 saturated carbocycles. The average molecular weight is 285 g/mol.